The van der Waals surface area contributed by atoms with Crippen LogP contribution in [0.5, 0.6) is 0 Å². The zero-order chi connectivity index (χ0) is 10.7. The first-order valence-corrected chi connectivity index (χ1v) is 5.92. The lowest BCUT2D eigenvalue weighted by Crippen LogP contribution is -2.20. The third-order valence-electron chi connectivity index (χ3n) is 2.05. The van der Waals surface area contributed by atoms with Crippen molar-refractivity contribution in [3.8, 4) is 0 Å². The van der Waals surface area contributed by atoms with E-state index in [1.54, 1.807) is 0 Å². The molecule has 2 N–H and O–H groups in total. The number of hydrogen-bond acceptors (Lipinski definition) is 1. The summed E-state index contributed by atoms with van der Waals surface area (Å²) in [4.78, 5) is 0.698. The molecule has 0 radical (unpaired) electrons. The van der Waals surface area contributed by atoms with Gasteiger partial charge in [-0.15, -0.1) is 0 Å². The first kappa shape index (κ1) is 15.4. The molecule has 0 aromatic heterocycles. The van der Waals surface area contributed by atoms with Crippen LogP contribution in [0.4, 0.5) is 0 Å². The van der Waals surface area contributed by atoms with Gasteiger partial charge in [0.15, 0.2) is 0 Å². The van der Waals surface area contributed by atoms with Crippen LogP contribution < -0.4 is 5.73 Å². The molecule has 0 bridgehead atoms. The summed E-state index contributed by atoms with van der Waals surface area (Å²) in [7, 11) is 0. The van der Waals surface area contributed by atoms with Crippen LogP contribution in [-0.2, 0) is 0 Å². The summed E-state index contributed by atoms with van der Waals surface area (Å²) in [6.07, 6.45) is 6.12. The van der Waals surface area contributed by atoms with Gasteiger partial charge in [-0.3, -0.25) is 0 Å². The zero-order valence-electron chi connectivity index (χ0n) is 9.60. The molecule has 0 aromatic carbocycles. The molecule has 2 heteroatoms. The summed E-state index contributed by atoms with van der Waals surface area (Å²) < 4.78 is 0. The van der Waals surface area contributed by atoms with Gasteiger partial charge in [-0.2, -0.15) is 0 Å². The summed E-state index contributed by atoms with van der Waals surface area (Å²) in [6, 6.07) is 0. The van der Waals surface area contributed by atoms with Gasteiger partial charge in [0.25, 0.3) is 0 Å². The third-order valence-corrected chi connectivity index (χ3v) is 2.38. The Kier molecular flexibility index (Phi) is 14.1. The average Bonchev–Trinajstić information content (AvgIpc) is 2.15. The van der Waals surface area contributed by atoms with E-state index in [2.05, 4.69) is 13.8 Å². The van der Waals surface area contributed by atoms with Gasteiger partial charge in [0.2, 0.25) is 0 Å². The molecule has 0 heterocycles. The standard InChI is InChI=1S/C9H19NS.C2H6/c1-3-5-6-7-8(4-2)9(10)11;1-2/h8H,3-7H2,1-2H3,(H2,10,11);1-2H3. The molecule has 0 saturated heterocycles. The van der Waals surface area contributed by atoms with Gasteiger partial charge < -0.3 is 5.73 Å². The molecule has 1 atom stereocenters. The molecule has 0 spiro atoms. The Morgan fingerprint density at radius 2 is 1.77 bits per heavy atom. The quantitative estimate of drug-likeness (QED) is 0.523. The van der Waals surface area contributed by atoms with Crippen molar-refractivity contribution in [1.29, 1.82) is 0 Å². The van der Waals surface area contributed by atoms with Crippen LogP contribution in [0.3, 0.4) is 0 Å². The van der Waals surface area contributed by atoms with Crippen LogP contribution in [0.15, 0.2) is 0 Å². The molecule has 0 aromatic rings. The highest BCUT2D eigenvalue weighted by molar-refractivity contribution is 7.80. The van der Waals surface area contributed by atoms with Gasteiger partial charge in [-0.05, 0) is 12.8 Å². The smallest absolute Gasteiger partial charge is 0.0758 e. The second kappa shape index (κ2) is 11.9. The molecular formula is C11H25NS. The fourth-order valence-electron chi connectivity index (χ4n) is 1.19. The van der Waals surface area contributed by atoms with Crippen LogP contribution in [0.2, 0.25) is 0 Å². The summed E-state index contributed by atoms with van der Waals surface area (Å²) in [6.45, 7) is 8.36. The SMILES string of the molecule is CC.CCCCCC(CC)C(N)=S. The average molecular weight is 203 g/mol. The van der Waals surface area contributed by atoms with E-state index in [4.69, 9.17) is 18.0 Å². The topological polar surface area (TPSA) is 26.0 Å². The predicted octanol–water partition coefficient (Wildman–Crippen LogP) is 3.91. The number of hydrogen-bond donors (Lipinski definition) is 1. The summed E-state index contributed by atoms with van der Waals surface area (Å²) >= 11 is 4.94. The molecule has 80 valence electrons. The molecule has 0 aliphatic carbocycles. The minimum atomic E-state index is 0.483. The van der Waals surface area contributed by atoms with Crippen molar-refractivity contribution in [2.45, 2.75) is 59.8 Å². The zero-order valence-corrected chi connectivity index (χ0v) is 10.4. The molecule has 0 aliphatic heterocycles. The summed E-state index contributed by atoms with van der Waals surface area (Å²) in [5.41, 5.74) is 5.56. The predicted molar refractivity (Wildman–Crippen MR) is 66.1 cm³/mol. The highest BCUT2D eigenvalue weighted by atomic mass is 32.1. The lowest BCUT2D eigenvalue weighted by molar-refractivity contribution is 0.553. The van der Waals surface area contributed by atoms with Gasteiger partial charge in [0.05, 0.1) is 4.99 Å². The highest BCUT2D eigenvalue weighted by Gasteiger charge is 2.07. The van der Waals surface area contributed by atoms with Gasteiger partial charge in [-0.1, -0.05) is 59.2 Å². The molecule has 1 nitrogen and oxygen atoms in total. The van der Waals surface area contributed by atoms with Crippen molar-refractivity contribution in [1.82, 2.24) is 0 Å². The molecule has 1 unspecified atom stereocenters. The Bertz CT molecular complexity index is 113. The van der Waals surface area contributed by atoms with E-state index in [1.807, 2.05) is 13.8 Å². The Morgan fingerprint density at radius 1 is 1.23 bits per heavy atom. The van der Waals surface area contributed by atoms with Crippen LogP contribution in [0.25, 0.3) is 0 Å². The Hall–Kier alpha value is -0.110. The fraction of sp³-hybridized carbons (Fsp3) is 0.909. The van der Waals surface area contributed by atoms with E-state index in [0.717, 1.165) is 6.42 Å². The number of unbranched alkanes of at least 4 members (excludes halogenated alkanes) is 2. The van der Waals surface area contributed by atoms with E-state index in [0.29, 0.717) is 10.9 Å². The molecule has 0 amide bonds. The van der Waals surface area contributed by atoms with Crippen LogP contribution in [0.1, 0.15) is 59.8 Å². The molecule has 0 rings (SSSR count). The Morgan fingerprint density at radius 3 is 2.08 bits per heavy atom. The van der Waals surface area contributed by atoms with E-state index < -0.39 is 0 Å². The van der Waals surface area contributed by atoms with E-state index in [-0.39, 0.29) is 0 Å². The minimum absolute atomic E-state index is 0.483. The maximum absolute atomic E-state index is 5.56. The largest absolute Gasteiger partial charge is 0.393 e. The normalized spacial score (nSPS) is 11.4. The molecule has 0 aliphatic rings. The molecule has 0 fully saturated rings. The first-order chi connectivity index (χ1) is 6.22. The molecular weight excluding hydrogens is 178 g/mol. The fourth-order valence-corrected chi connectivity index (χ4v) is 1.47. The third kappa shape index (κ3) is 9.81. The maximum Gasteiger partial charge on any atom is 0.0758 e. The van der Waals surface area contributed by atoms with E-state index in [1.165, 1.54) is 25.7 Å². The second-order valence-corrected chi connectivity index (χ2v) is 3.47. The van der Waals surface area contributed by atoms with Crippen molar-refractivity contribution in [2.24, 2.45) is 11.7 Å². The van der Waals surface area contributed by atoms with Crippen molar-refractivity contribution >= 4 is 17.2 Å². The van der Waals surface area contributed by atoms with Crippen LogP contribution in [0, 0.1) is 5.92 Å². The van der Waals surface area contributed by atoms with Crippen molar-refractivity contribution in [2.75, 3.05) is 0 Å². The molecule has 13 heavy (non-hydrogen) atoms. The van der Waals surface area contributed by atoms with E-state index in [9.17, 15) is 0 Å². The number of nitrogens with two attached hydrogens (primary N) is 1. The van der Waals surface area contributed by atoms with Crippen molar-refractivity contribution < 1.29 is 0 Å². The minimum Gasteiger partial charge on any atom is -0.393 e. The van der Waals surface area contributed by atoms with Gasteiger partial charge >= 0.3 is 0 Å². The molecule has 0 saturated carbocycles. The monoisotopic (exact) mass is 203 g/mol. The first-order valence-electron chi connectivity index (χ1n) is 5.51. The van der Waals surface area contributed by atoms with Gasteiger partial charge in [0.1, 0.15) is 0 Å². The number of thiocarbonyl (C=S) groups is 1. The Balaban J connectivity index is 0. The van der Waals surface area contributed by atoms with E-state index >= 15 is 0 Å². The van der Waals surface area contributed by atoms with Gasteiger partial charge in [0, 0.05) is 5.92 Å². The second-order valence-electron chi connectivity index (χ2n) is 3.00. The van der Waals surface area contributed by atoms with Crippen molar-refractivity contribution in [3.05, 3.63) is 0 Å². The number of rotatable bonds is 6. The highest BCUT2D eigenvalue weighted by Crippen LogP contribution is 2.13. The van der Waals surface area contributed by atoms with Gasteiger partial charge in [-0.25, -0.2) is 0 Å². The van der Waals surface area contributed by atoms with Crippen molar-refractivity contribution in [3.63, 3.8) is 0 Å². The van der Waals surface area contributed by atoms with Crippen LogP contribution >= 0.6 is 12.2 Å². The summed E-state index contributed by atoms with van der Waals surface area (Å²) in [5, 5.41) is 0. The Labute approximate surface area is 89.1 Å². The summed E-state index contributed by atoms with van der Waals surface area (Å²) in [5.74, 6) is 0.483. The lowest BCUT2D eigenvalue weighted by atomic mass is 9.99. The maximum atomic E-state index is 5.56. The lowest BCUT2D eigenvalue weighted by Gasteiger charge is -2.11. The van der Waals surface area contributed by atoms with Crippen LogP contribution in [-0.4, -0.2) is 4.99 Å².